The van der Waals surface area contributed by atoms with E-state index in [9.17, 15) is 4.79 Å². The van der Waals surface area contributed by atoms with Gasteiger partial charge >= 0.3 is 0 Å². The average molecular weight is 290 g/mol. The number of hydrogen-bond donors (Lipinski definition) is 2. The zero-order chi connectivity index (χ0) is 14.7. The third kappa shape index (κ3) is 3.47. The van der Waals surface area contributed by atoms with Gasteiger partial charge in [0.2, 0.25) is 5.91 Å². The van der Waals surface area contributed by atoms with Gasteiger partial charge in [-0.05, 0) is 31.0 Å². The summed E-state index contributed by atoms with van der Waals surface area (Å²) >= 11 is 0. The zero-order valence-electron chi connectivity index (χ0n) is 12.4. The van der Waals surface area contributed by atoms with Crippen molar-refractivity contribution in [1.82, 2.24) is 10.6 Å². The smallest absolute Gasteiger partial charge is 0.220 e. The van der Waals surface area contributed by atoms with Crippen LogP contribution in [0.4, 0.5) is 0 Å². The molecule has 5 heteroatoms. The number of fused-ring (bicyclic) bond motifs is 1. The Bertz CT molecular complexity index is 508. The monoisotopic (exact) mass is 290 g/mol. The van der Waals surface area contributed by atoms with Crippen LogP contribution in [0.1, 0.15) is 37.8 Å². The predicted octanol–water partition coefficient (Wildman–Crippen LogP) is 1.78. The minimum atomic E-state index is 0.149. The van der Waals surface area contributed by atoms with Gasteiger partial charge in [-0.2, -0.15) is 0 Å². The molecule has 0 spiro atoms. The number of piperidine rings is 1. The molecule has 1 saturated heterocycles. The Morgan fingerprint density at radius 2 is 2.10 bits per heavy atom. The van der Waals surface area contributed by atoms with Gasteiger partial charge in [-0.1, -0.05) is 6.07 Å². The lowest BCUT2D eigenvalue weighted by molar-refractivity contribution is -0.122. The van der Waals surface area contributed by atoms with E-state index in [4.69, 9.17) is 9.47 Å². The maximum atomic E-state index is 11.2. The molecular formula is C16H22N2O3. The van der Waals surface area contributed by atoms with Crippen molar-refractivity contribution in [2.24, 2.45) is 0 Å². The van der Waals surface area contributed by atoms with Crippen LogP contribution in [-0.4, -0.2) is 31.7 Å². The molecule has 1 amide bonds. The van der Waals surface area contributed by atoms with E-state index in [0.717, 1.165) is 24.3 Å². The molecule has 1 aromatic rings. The molecule has 1 aromatic carbocycles. The fourth-order valence-electron chi connectivity index (χ4n) is 2.77. The van der Waals surface area contributed by atoms with Crippen LogP contribution in [0.25, 0.3) is 0 Å². The lowest BCUT2D eigenvalue weighted by Crippen LogP contribution is -2.46. The first kappa shape index (κ1) is 14.2. The highest BCUT2D eigenvalue weighted by molar-refractivity contribution is 5.76. The highest BCUT2D eigenvalue weighted by Gasteiger charge is 2.20. The molecule has 114 valence electrons. The van der Waals surface area contributed by atoms with Crippen molar-refractivity contribution in [3.05, 3.63) is 23.8 Å². The minimum Gasteiger partial charge on any atom is -0.490 e. The summed E-state index contributed by atoms with van der Waals surface area (Å²) in [4.78, 5) is 11.2. The van der Waals surface area contributed by atoms with E-state index in [0.29, 0.717) is 32.2 Å². The second kappa shape index (κ2) is 6.35. The third-order valence-electron chi connectivity index (χ3n) is 4.02. The summed E-state index contributed by atoms with van der Waals surface area (Å²) in [6, 6.07) is 6.65. The summed E-state index contributed by atoms with van der Waals surface area (Å²) in [5, 5.41) is 6.47. The van der Waals surface area contributed by atoms with Crippen molar-refractivity contribution in [3.8, 4) is 11.5 Å². The quantitative estimate of drug-likeness (QED) is 0.891. The number of hydrogen-bond acceptors (Lipinski definition) is 4. The number of nitrogens with one attached hydrogen (secondary N) is 2. The number of rotatable bonds is 3. The van der Waals surface area contributed by atoms with E-state index in [-0.39, 0.29) is 11.9 Å². The van der Waals surface area contributed by atoms with Gasteiger partial charge in [-0.15, -0.1) is 0 Å². The number of carbonyl (C=O) groups excluding carboxylic acids is 1. The van der Waals surface area contributed by atoms with Crippen LogP contribution in [0, 0.1) is 0 Å². The molecule has 2 heterocycles. The summed E-state index contributed by atoms with van der Waals surface area (Å²) in [7, 11) is 0. The van der Waals surface area contributed by atoms with E-state index in [1.165, 1.54) is 5.56 Å². The van der Waals surface area contributed by atoms with Gasteiger partial charge in [-0.25, -0.2) is 0 Å². The number of carbonyl (C=O) groups is 1. The first-order chi connectivity index (χ1) is 10.2. The van der Waals surface area contributed by atoms with Crippen molar-refractivity contribution in [3.63, 3.8) is 0 Å². The molecule has 0 aliphatic carbocycles. The number of amides is 1. The lowest BCUT2D eigenvalue weighted by Gasteiger charge is -2.27. The van der Waals surface area contributed by atoms with Crippen LogP contribution in [0.3, 0.4) is 0 Å². The molecule has 21 heavy (non-hydrogen) atoms. The first-order valence-electron chi connectivity index (χ1n) is 7.64. The summed E-state index contributed by atoms with van der Waals surface area (Å²) in [5.41, 5.74) is 1.18. The van der Waals surface area contributed by atoms with Gasteiger partial charge < -0.3 is 20.1 Å². The maximum Gasteiger partial charge on any atom is 0.220 e. The molecule has 2 N–H and O–H groups in total. The van der Waals surface area contributed by atoms with Crippen molar-refractivity contribution >= 4 is 5.91 Å². The van der Waals surface area contributed by atoms with Crippen LogP contribution in [-0.2, 0) is 4.79 Å². The van der Waals surface area contributed by atoms with E-state index in [2.05, 4.69) is 29.7 Å². The van der Waals surface area contributed by atoms with Gasteiger partial charge in [0.15, 0.2) is 11.5 Å². The van der Waals surface area contributed by atoms with Crippen molar-refractivity contribution in [2.75, 3.05) is 19.8 Å². The van der Waals surface area contributed by atoms with Crippen LogP contribution in [0.5, 0.6) is 11.5 Å². The van der Waals surface area contributed by atoms with E-state index in [1.807, 2.05) is 6.07 Å². The van der Waals surface area contributed by atoms with E-state index in [1.54, 1.807) is 0 Å². The molecule has 5 nitrogen and oxygen atoms in total. The van der Waals surface area contributed by atoms with Gasteiger partial charge in [-0.3, -0.25) is 4.79 Å². The van der Waals surface area contributed by atoms with Gasteiger partial charge in [0, 0.05) is 31.5 Å². The largest absolute Gasteiger partial charge is 0.490 e. The van der Waals surface area contributed by atoms with Crippen LogP contribution in [0.15, 0.2) is 18.2 Å². The second-order valence-electron chi connectivity index (χ2n) is 5.68. The van der Waals surface area contributed by atoms with E-state index >= 15 is 0 Å². The molecule has 3 rings (SSSR count). The van der Waals surface area contributed by atoms with Crippen molar-refractivity contribution in [2.45, 2.75) is 38.3 Å². The summed E-state index contributed by atoms with van der Waals surface area (Å²) in [5.74, 6) is 1.81. The standard InChI is InChI=1S/C16H22N2O3/c1-11(18-13-4-6-16(19)17-10-13)12-3-5-14-15(9-12)21-8-2-7-20-14/h3,5,9,11,13,18H,2,4,6-8,10H2,1H3,(H,17,19). The molecule has 0 radical (unpaired) electrons. The summed E-state index contributed by atoms with van der Waals surface area (Å²) in [6.07, 6.45) is 2.41. The van der Waals surface area contributed by atoms with Gasteiger partial charge in [0.1, 0.15) is 0 Å². The minimum absolute atomic E-state index is 0.149. The maximum absolute atomic E-state index is 11.2. The van der Waals surface area contributed by atoms with Crippen molar-refractivity contribution in [1.29, 1.82) is 0 Å². The topological polar surface area (TPSA) is 59.6 Å². The lowest BCUT2D eigenvalue weighted by atomic mass is 10.0. The summed E-state index contributed by atoms with van der Waals surface area (Å²) in [6.45, 7) is 4.25. The van der Waals surface area contributed by atoms with Crippen LogP contribution in [0.2, 0.25) is 0 Å². The molecule has 0 saturated carbocycles. The predicted molar refractivity (Wildman–Crippen MR) is 79.6 cm³/mol. The Kier molecular flexibility index (Phi) is 4.29. The fraction of sp³-hybridized carbons (Fsp3) is 0.562. The SMILES string of the molecule is CC(NC1CCC(=O)NC1)c1ccc2c(c1)OCCCO2. The molecule has 2 atom stereocenters. The zero-order valence-corrected chi connectivity index (χ0v) is 12.4. The van der Waals surface area contributed by atoms with Gasteiger partial charge in [0.05, 0.1) is 13.2 Å². The highest BCUT2D eigenvalue weighted by atomic mass is 16.5. The molecule has 1 fully saturated rings. The molecule has 2 unspecified atom stereocenters. The van der Waals surface area contributed by atoms with E-state index < -0.39 is 0 Å². The normalized spacial score (nSPS) is 23.1. The average Bonchev–Trinajstić information content (AvgIpc) is 2.74. The Labute approximate surface area is 125 Å². The second-order valence-corrected chi connectivity index (χ2v) is 5.68. The molecule has 2 aliphatic rings. The molecule has 0 bridgehead atoms. The number of benzene rings is 1. The molecule has 2 aliphatic heterocycles. The van der Waals surface area contributed by atoms with Crippen molar-refractivity contribution < 1.29 is 14.3 Å². The Hall–Kier alpha value is -1.75. The van der Waals surface area contributed by atoms with Gasteiger partial charge in [0.25, 0.3) is 0 Å². The Morgan fingerprint density at radius 3 is 2.86 bits per heavy atom. The molecular weight excluding hydrogens is 268 g/mol. The highest BCUT2D eigenvalue weighted by Crippen LogP contribution is 2.32. The Morgan fingerprint density at radius 1 is 1.29 bits per heavy atom. The Balaban J connectivity index is 1.65. The van der Waals surface area contributed by atoms with Crippen LogP contribution >= 0.6 is 0 Å². The van der Waals surface area contributed by atoms with Crippen LogP contribution < -0.4 is 20.1 Å². The first-order valence-corrected chi connectivity index (χ1v) is 7.64. The number of ether oxygens (including phenoxy) is 2. The summed E-state index contributed by atoms with van der Waals surface area (Å²) < 4.78 is 11.4. The fourth-order valence-corrected chi connectivity index (χ4v) is 2.77. The molecule has 0 aromatic heterocycles. The third-order valence-corrected chi connectivity index (χ3v) is 4.02.